The highest BCUT2D eigenvalue weighted by Gasteiger charge is 2.11. The molecule has 0 saturated carbocycles. The van der Waals surface area contributed by atoms with Crippen molar-refractivity contribution in [2.24, 2.45) is 5.73 Å². The largest absolute Gasteiger partial charge is 0.376 e. The van der Waals surface area contributed by atoms with Gasteiger partial charge in [-0.1, -0.05) is 20.8 Å². The molecule has 2 N–H and O–H groups in total. The first-order valence-electron chi connectivity index (χ1n) is 7.47. The van der Waals surface area contributed by atoms with Crippen LogP contribution in [0, 0.1) is 0 Å². The minimum absolute atomic E-state index is 0.184. The highest BCUT2D eigenvalue weighted by atomic mass is 16.5. The Morgan fingerprint density at radius 3 is 1.94 bits per heavy atom. The number of likely N-dealkylation sites (N-methyl/N-ethyl adjacent to an activating group) is 1. The van der Waals surface area contributed by atoms with Crippen LogP contribution in [0.25, 0.3) is 0 Å². The number of hydrogen-bond acceptors (Lipinski definition) is 4. The van der Waals surface area contributed by atoms with Crippen molar-refractivity contribution in [2.45, 2.75) is 40.2 Å². The third-order valence-corrected chi connectivity index (χ3v) is 3.42. The molecule has 0 amide bonds. The van der Waals surface area contributed by atoms with Crippen LogP contribution in [-0.2, 0) is 4.74 Å². The van der Waals surface area contributed by atoms with Crippen LogP contribution in [0.15, 0.2) is 0 Å². The lowest BCUT2D eigenvalue weighted by molar-refractivity contribution is 0.0395. The van der Waals surface area contributed by atoms with Crippen LogP contribution < -0.4 is 5.73 Å². The topological polar surface area (TPSA) is 41.7 Å². The van der Waals surface area contributed by atoms with Gasteiger partial charge in [-0.25, -0.2) is 0 Å². The van der Waals surface area contributed by atoms with E-state index in [4.69, 9.17) is 10.5 Å². The molecule has 0 aromatic heterocycles. The Kier molecular flexibility index (Phi) is 11.8. The summed E-state index contributed by atoms with van der Waals surface area (Å²) in [5, 5.41) is 0. The molecule has 110 valence electrons. The maximum absolute atomic E-state index is 5.72. The molecule has 0 radical (unpaired) electrons. The van der Waals surface area contributed by atoms with Crippen molar-refractivity contribution in [1.29, 1.82) is 0 Å². The summed E-state index contributed by atoms with van der Waals surface area (Å²) in [6, 6.07) is 0. The lowest BCUT2D eigenvalue weighted by Crippen LogP contribution is -2.39. The van der Waals surface area contributed by atoms with Crippen LogP contribution in [0.2, 0.25) is 0 Å². The van der Waals surface area contributed by atoms with Gasteiger partial charge in [-0.15, -0.1) is 0 Å². The third-order valence-electron chi connectivity index (χ3n) is 3.42. The van der Waals surface area contributed by atoms with Gasteiger partial charge in [-0.3, -0.25) is 0 Å². The van der Waals surface area contributed by atoms with Crippen LogP contribution in [0.4, 0.5) is 0 Å². The molecule has 0 bridgehead atoms. The molecule has 0 aromatic rings. The SMILES string of the molecule is CCOC(CN)CN(CC)CCCN(CC)CC. The van der Waals surface area contributed by atoms with E-state index in [1.807, 2.05) is 6.92 Å². The van der Waals surface area contributed by atoms with Crippen LogP contribution in [0.5, 0.6) is 0 Å². The molecule has 4 nitrogen and oxygen atoms in total. The molecule has 1 atom stereocenters. The first-order chi connectivity index (χ1) is 8.71. The lowest BCUT2D eigenvalue weighted by Gasteiger charge is -2.26. The Labute approximate surface area is 113 Å². The van der Waals surface area contributed by atoms with Crippen molar-refractivity contribution >= 4 is 0 Å². The van der Waals surface area contributed by atoms with E-state index in [1.165, 1.54) is 13.0 Å². The van der Waals surface area contributed by atoms with Crippen molar-refractivity contribution in [2.75, 3.05) is 52.4 Å². The zero-order valence-electron chi connectivity index (χ0n) is 12.8. The Bertz CT molecular complexity index is 174. The summed E-state index contributed by atoms with van der Waals surface area (Å²) in [4.78, 5) is 4.91. The molecule has 4 heteroatoms. The van der Waals surface area contributed by atoms with Crippen LogP contribution in [0.3, 0.4) is 0 Å². The van der Waals surface area contributed by atoms with Gasteiger partial charge < -0.3 is 20.3 Å². The maximum atomic E-state index is 5.72. The fourth-order valence-corrected chi connectivity index (χ4v) is 2.16. The summed E-state index contributed by atoms with van der Waals surface area (Å²) in [5.41, 5.74) is 5.72. The van der Waals surface area contributed by atoms with Gasteiger partial charge in [0.15, 0.2) is 0 Å². The van der Waals surface area contributed by atoms with Gasteiger partial charge in [0.05, 0.1) is 6.10 Å². The highest BCUT2D eigenvalue weighted by Crippen LogP contribution is 1.99. The molecule has 0 saturated heterocycles. The minimum atomic E-state index is 0.184. The van der Waals surface area contributed by atoms with Crippen LogP contribution in [0.1, 0.15) is 34.1 Å². The Morgan fingerprint density at radius 1 is 0.944 bits per heavy atom. The van der Waals surface area contributed by atoms with Crippen molar-refractivity contribution in [3.8, 4) is 0 Å². The predicted molar refractivity (Wildman–Crippen MR) is 79.0 cm³/mol. The normalized spacial score (nSPS) is 13.5. The monoisotopic (exact) mass is 259 g/mol. The number of nitrogens with two attached hydrogens (primary N) is 1. The van der Waals surface area contributed by atoms with Crippen LogP contribution in [-0.4, -0.2) is 68.3 Å². The molecular formula is C14H33N3O. The molecule has 18 heavy (non-hydrogen) atoms. The number of hydrogen-bond donors (Lipinski definition) is 1. The molecule has 0 spiro atoms. The summed E-state index contributed by atoms with van der Waals surface area (Å²) in [6.07, 6.45) is 1.40. The van der Waals surface area contributed by atoms with Crippen LogP contribution >= 0.6 is 0 Å². The fourth-order valence-electron chi connectivity index (χ4n) is 2.16. The Morgan fingerprint density at radius 2 is 1.50 bits per heavy atom. The second kappa shape index (κ2) is 11.9. The van der Waals surface area contributed by atoms with Crippen molar-refractivity contribution in [3.05, 3.63) is 0 Å². The molecule has 0 aliphatic rings. The average Bonchev–Trinajstić information content (AvgIpc) is 2.41. The summed E-state index contributed by atoms with van der Waals surface area (Å²) >= 11 is 0. The average molecular weight is 259 g/mol. The van der Waals surface area contributed by atoms with Gasteiger partial charge in [0.2, 0.25) is 0 Å². The van der Waals surface area contributed by atoms with Gasteiger partial charge >= 0.3 is 0 Å². The zero-order valence-corrected chi connectivity index (χ0v) is 12.8. The molecule has 0 heterocycles. The second-order valence-electron chi connectivity index (χ2n) is 4.59. The molecule has 0 aliphatic heterocycles. The minimum Gasteiger partial charge on any atom is -0.376 e. The number of rotatable bonds is 12. The molecule has 1 unspecified atom stereocenters. The zero-order chi connectivity index (χ0) is 13.8. The quantitative estimate of drug-likeness (QED) is 0.575. The highest BCUT2D eigenvalue weighted by molar-refractivity contribution is 4.67. The van der Waals surface area contributed by atoms with Gasteiger partial charge in [-0.2, -0.15) is 0 Å². The standard InChI is InChI=1S/C14H33N3O/c1-5-16(6-2)10-9-11-17(7-3)13-14(12-15)18-8-4/h14H,5-13,15H2,1-4H3. The predicted octanol–water partition coefficient (Wildman–Crippen LogP) is 1.40. The molecule has 0 aromatic carbocycles. The molecule has 0 rings (SSSR count). The molecule has 0 aliphatic carbocycles. The van der Waals surface area contributed by atoms with Gasteiger partial charge in [0.25, 0.3) is 0 Å². The molecule has 0 fully saturated rings. The smallest absolute Gasteiger partial charge is 0.0823 e. The van der Waals surface area contributed by atoms with E-state index in [1.54, 1.807) is 0 Å². The van der Waals surface area contributed by atoms with E-state index in [9.17, 15) is 0 Å². The second-order valence-corrected chi connectivity index (χ2v) is 4.59. The van der Waals surface area contributed by atoms with Gasteiger partial charge in [0.1, 0.15) is 0 Å². The number of nitrogens with zero attached hydrogens (tertiary/aromatic N) is 2. The van der Waals surface area contributed by atoms with Gasteiger partial charge in [0, 0.05) is 19.7 Å². The maximum Gasteiger partial charge on any atom is 0.0823 e. The fraction of sp³-hybridized carbons (Fsp3) is 1.00. The van der Waals surface area contributed by atoms with E-state index >= 15 is 0 Å². The Balaban J connectivity index is 3.87. The van der Waals surface area contributed by atoms with E-state index in [2.05, 4.69) is 30.6 Å². The van der Waals surface area contributed by atoms with Crippen molar-refractivity contribution in [1.82, 2.24) is 9.80 Å². The van der Waals surface area contributed by atoms with E-state index in [0.29, 0.717) is 6.54 Å². The molecular weight excluding hydrogens is 226 g/mol. The van der Waals surface area contributed by atoms with E-state index in [-0.39, 0.29) is 6.10 Å². The number of ether oxygens (including phenoxy) is 1. The van der Waals surface area contributed by atoms with E-state index in [0.717, 1.165) is 39.3 Å². The summed E-state index contributed by atoms with van der Waals surface area (Å²) in [7, 11) is 0. The van der Waals surface area contributed by atoms with Crippen molar-refractivity contribution in [3.63, 3.8) is 0 Å². The Hall–Kier alpha value is -0.160. The lowest BCUT2D eigenvalue weighted by atomic mass is 10.3. The first-order valence-corrected chi connectivity index (χ1v) is 7.47. The van der Waals surface area contributed by atoms with E-state index < -0.39 is 0 Å². The summed E-state index contributed by atoms with van der Waals surface area (Å²) in [6.45, 7) is 16.7. The van der Waals surface area contributed by atoms with Crippen molar-refractivity contribution < 1.29 is 4.74 Å². The summed E-state index contributed by atoms with van der Waals surface area (Å²) < 4.78 is 5.62. The third kappa shape index (κ3) is 8.03. The summed E-state index contributed by atoms with van der Waals surface area (Å²) in [5.74, 6) is 0. The first kappa shape index (κ1) is 17.8. The van der Waals surface area contributed by atoms with Gasteiger partial charge in [-0.05, 0) is 46.1 Å².